The van der Waals surface area contributed by atoms with Gasteiger partial charge in [0.1, 0.15) is 0 Å². The van der Waals surface area contributed by atoms with Gasteiger partial charge >= 0.3 is 0 Å². The molecule has 2 aliphatic rings. The summed E-state index contributed by atoms with van der Waals surface area (Å²) in [6.45, 7) is 4.62. The first-order chi connectivity index (χ1) is 8.19. The van der Waals surface area contributed by atoms with Crippen molar-refractivity contribution in [3.05, 3.63) is 33.9 Å². The fraction of sp³-hybridized carbons (Fsp3) is 0.562. The van der Waals surface area contributed by atoms with Crippen molar-refractivity contribution in [3.8, 4) is 0 Å². The summed E-state index contributed by atoms with van der Waals surface area (Å²) < 4.78 is 0. The summed E-state index contributed by atoms with van der Waals surface area (Å²) in [5, 5.41) is 0. The Morgan fingerprint density at radius 1 is 1.29 bits per heavy atom. The van der Waals surface area contributed by atoms with E-state index in [1.807, 2.05) is 0 Å². The molecule has 0 saturated carbocycles. The molecule has 0 amide bonds. The summed E-state index contributed by atoms with van der Waals surface area (Å²) >= 11 is 0. The minimum absolute atomic E-state index is 0.310. The molecule has 1 nitrogen and oxygen atoms in total. The minimum atomic E-state index is 0.310. The first kappa shape index (κ1) is 11.0. The number of carbonyl (C=O) groups excluding carboxylic acids is 1. The second-order valence-electron chi connectivity index (χ2n) is 5.84. The highest BCUT2D eigenvalue weighted by Crippen LogP contribution is 2.45. The van der Waals surface area contributed by atoms with E-state index in [1.165, 1.54) is 47.9 Å². The predicted molar refractivity (Wildman–Crippen MR) is 69.8 cm³/mol. The number of carbonyl (C=O) groups is 1. The summed E-state index contributed by atoms with van der Waals surface area (Å²) in [5.41, 5.74) is 7.01. The first-order valence-electron chi connectivity index (χ1n) is 6.83. The maximum absolute atomic E-state index is 11.4. The zero-order valence-electron chi connectivity index (χ0n) is 10.8. The van der Waals surface area contributed by atoms with Crippen molar-refractivity contribution in [3.63, 3.8) is 0 Å². The van der Waals surface area contributed by atoms with E-state index in [4.69, 9.17) is 0 Å². The molecule has 0 radical (unpaired) electrons. The summed E-state index contributed by atoms with van der Waals surface area (Å²) in [6, 6.07) is 2.42. The molecule has 3 rings (SSSR count). The van der Waals surface area contributed by atoms with Crippen molar-refractivity contribution in [2.45, 2.75) is 57.8 Å². The lowest BCUT2D eigenvalue weighted by atomic mass is 9.80. The van der Waals surface area contributed by atoms with E-state index in [-0.39, 0.29) is 0 Å². The molecule has 1 heteroatoms. The van der Waals surface area contributed by atoms with Gasteiger partial charge in [-0.2, -0.15) is 0 Å². The minimum Gasteiger partial charge on any atom is -0.298 e. The molecule has 1 unspecified atom stereocenters. The topological polar surface area (TPSA) is 17.1 Å². The van der Waals surface area contributed by atoms with Crippen LogP contribution in [0.1, 0.15) is 65.7 Å². The van der Waals surface area contributed by atoms with Crippen molar-refractivity contribution in [2.75, 3.05) is 0 Å². The summed E-state index contributed by atoms with van der Waals surface area (Å²) in [6.07, 6.45) is 8.11. The molecule has 0 spiro atoms. The molecule has 0 heterocycles. The third-order valence-electron chi connectivity index (χ3n) is 5.03. The summed E-state index contributed by atoms with van der Waals surface area (Å²) in [7, 11) is 0. The fourth-order valence-corrected chi connectivity index (χ4v) is 3.68. The lowest BCUT2D eigenvalue weighted by Crippen LogP contribution is -2.17. The van der Waals surface area contributed by atoms with Gasteiger partial charge in [0.15, 0.2) is 6.29 Å². The third kappa shape index (κ3) is 1.41. The van der Waals surface area contributed by atoms with Crippen molar-refractivity contribution in [1.29, 1.82) is 0 Å². The molecule has 1 aromatic rings. The van der Waals surface area contributed by atoms with Crippen LogP contribution in [0.4, 0.5) is 0 Å². The lowest BCUT2D eigenvalue weighted by molar-refractivity contribution is 0.112. The maximum atomic E-state index is 11.4. The Bertz CT molecular complexity index is 487. The normalized spacial score (nSPS) is 25.8. The molecular formula is C16H20O. The second-order valence-corrected chi connectivity index (χ2v) is 5.84. The predicted octanol–water partition coefficient (Wildman–Crippen LogP) is 3.60. The van der Waals surface area contributed by atoms with Gasteiger partial charge < -0.3 is 0 Å². The molecule has 0 fully saturated rings. The van der Waals surface area contributed by atoms with E-state index in [2.05, 4.69) is 19.9 Å². The Hall–Kier alpha value is -1.11. The fourth-order valence-electron chi connectivity index (χ4n) is 3.68. The highest BCUT2D eigenvalue weighted by atomic mass is 16.1. The van der Waals surface area contributed by atoms with Gasteiger partial charge in [0.2, 0.25) is 0 Å². The van der Waals surface area contributed by atoms with Crippen LogP contribution in [-0.2, 0) is 24.7 Å². The van der Waals surface area contributed by atoms with E-state index >= 15 is 0 Å². The average Bonchev–Trinajstić information content (AvgIpc) is 2.93. The Morgan fingerprint density at radius 2 is 2.12 bits per heavy atom. The average molecular weight is 228 g/mol. The molecule has 0 N–H and O–H groups in total. The number of benzene rings is 1. The van der Waals surface area contributed by atoms with Gasteiger partial charge in [-0.1, -0.05) is 19.9 Å². The van der Waals surface area contributed by atoms with E-state index in [9.17, 15) is 4.79 Å². The highest BCUT2D eigenvalue weighted by Gasteiger charge is 2.36. The van der Waals surface area contributed by atoms with Gasteiger partial charge in [-0.05, 0) is 66.2 Å². The molecule has 1 aromatic carbocycles. The molecule has 0 saturated heterocycles. The van der Waals surface area contributed by atoms with E-state index in [0.29, 0.717) is 5.41 Å². The van der Waals surface area contributed by atoms with Crippen molar-refractivity contribution in [2.24, 2.45) is 0 Å². The molecule has 1 atom stereocenters. The third-order valence-corrected chi connectivity index (χ3v) is 5.03. The number of aryl methyl sites for hydroxylation is 1. The van der Waals surface area contributed by atoms with E-state index in [0.717, 1.165) is 24.7 Å². The number of fused-ring (bicyclic) bond motifs is 2. The molecule has 0 bridgehead atoms. The number of hydrogen-bond donors (Lipinski definition) is 0. The smallest absolute Gasteiger partial charge is 0.150 e. The van der Waals surface area contributed by atoms with Crippen molar-refractivity contribution >= 4 is 6.29 Å². The summed E-state index contributed by atoms with van der Waals surface area (Å²) in [5.74, 6) is 0. The van der Waals surface area contributed by atoms with Gasteiger partial charge in [0.05, 0.1) is 0 Å². The summed E-state index contributed by atoms with van der Waals surface area (Å²) in [4.78, 5) is 11.4. The van der Waals surface area contributed by atoms with Gasteiger partial charge in [0, 0.05) is 5.56 Å². The van der Waals surface area contributed by atoms with Crippen LogP contribution in [0.15, 0.2) is 6.07 Å². The standard InChI is InChI=1S/C16H20O/c1-3-16(2)8-7-13-14(10-17)12-6-4-5-11(12)9-15(13)16/h9-10H,3-8H2,1-2H3. The van der Waals surface area contributed by atoms with Gasteiger partial charge in [-0.3, -0.25) is 4.79 Å². The molecule has 90 valence electrons. The van der Waals surface area contributed by atoms with Crippen LogP contribution in [0.2, 0.25) is 0 Å². The first-order valence-corrected chi connectivity index (χ1v) is 6.83. The van der Waals surface area contributed by atoms with Crippen LogP contribution in [0, 0.1) is 0 Å². The zero-order valence-corrected chi connectivity index (χ0v) is 10.8. The van der Waals surface area contributed by atoms with Crippen LogP contribution in [0.5, 0.6) is 0 Å². The van der Waals surface area contributed by atoms with Crippen molar-refractivity contribution in [1.82, 2.24) is 0 Å². The Morgan fingerprint density at radius 3 is 2.82 bits per heavy atom. The van der Waals surface area contributed by atoms with Crippen LogP contribution in [0.25, 0.3) is 0 Å². The highest BCUT2D eigenvalue weighted by molar-refractivity contribution is 5.82. The van der Waals surface area contributed by atoms with Crippen LogP contribution in [0.3, 0.4) is 0 Å². The zero-order chi connectivity index (χ0) is 12.0. The van der Waals surface area contributed by atoms with Crippen LogP contribution >= 0.6 is 0 Å². The number of aldehydes is 1. The van der Waals surface area contributed by atoms with Crippen molar-refractivity contribution < 1.29 is 4.79 Å². The largest absolute Gasteiger partial charge is 0.298 e. The number of rotatable bonds is 2. The van der Waals surface area contributed by atoms with Crippen LogP contribution < -0.4 is 0 Å². The van der Waals surface area contributed by atoms with Crippen LogP contribution in [-0.4, -0.2) is 6.29 Å². The Kier molecular flexibility index (Phi) is 2.39. The van der Waals surface area contributed by atoms with E-state index in [1.54, 1.807) is 0 Å². The Labute approximate surface area is 103 Å². The SMILES string of the molecule is CCC1(C)CCc2c1cc1c(c2C=O)CCC1. The van der Waals surface area contributed by atoms with E-state index < -0.39 is 0 Å². The van der Waals surface area contributed by atoms with Gasteiger partial charge in [-0.15, -0.1) is 0 Å². The number of hydrogen-bond acceptors (Lipinski definition) is 1. The molecule has 2 aliphatic carbocycles. The van der Waals surface area contributed by atoms with Gasteiger partial charge in [-0.25, -0.2) is 0 Å². The second kappa shape index (κ2) is 3.69. The Balaban J connectivity index is 2.26. The molecule has 17 heavy (non-hydrogen) atoms. The molecular weight excluding hydrogens is 208 g/mol. The maximum Gasteiger partial charge on any atom is 0.150 e. The lowest BCUT2D eigenvalue weighted by Gasteiger charge is -2.24. The molecule has 0 aromatic heterocycles. The quantitative estimate of drug-likeness (QED) is 0.707. The molecule has 0 aliphatic heterocycles. The van der Waals surface area contributed by atoms with Gasteiger partial charge in [0.25, 0.3) is 0 Å². The monoisotopic (exact) mass is 228 g/mol.